The first-order valence-corrected chi connectivity index (χ1v) is 8.26. The molecule has 134 valence electrons. The van der Waals surface area contributed by atoms with Gasteiger partial charge in [-0.25, -0.2) is 0 Å². The molecule has 0 spiro atoms. The number of alkyl halides is 3. The lowest BCUT2D eigenvalue weighted by Crippen LogP contribution is -2.11. The Bertz CT molecular complexity index is 937. The fourth-order valence-corrected chi connectivity index (χ4v) is 2.66. The minimum absolute atomic E-state index is 0.252. The molecular weight excluding hydrogens is 339 g/mol. The zero-order valence-electron chi connectivity index (χ0n) is 14.2. The van der Waals surface area contributed by atoms with Crippen LogP contribution in [0.4, 0.5) is 18.9 Å². The quantitative estimate of drug-likeness (QED) is 0.509. The predicted octanol–water partition coefficient (Wildman–Crippen LogP) is 6.78. The van der Waals surface area contributed by atoms with Crippen LogP contribution >= 0.6 is 0 Å². The van der Waals surface area contributed by atoms with E-state index in [1.807, 2.05) is 42.5 Å². The summed E-state index contributed by atoms with van der Waals surface area (Å²) in [6.07, 6.45) is -0.476. The molecule has 2 aromatic carbocycles. The number of benzene rings is 2. The van der Waals surface area contributed by atoms with Crippen LogP contribution in [0, 0.1) is 0 Å². The zero-order valence-corrected chi connectivity index (χ0v) is 14.2. The largest absolute Gasteiger partial charge is 0.463 e. The highest BCUT2D eigenvalue weighted by atomic mass is 19.4. The van der Waals surface area contributed by atoms with Crippen LogP contribution < -0.4 is 5.32 Å². The van der Waals surface area contributed by atoms with E-state index in [1.165, 1.54) is 6.26 Å². The van der Waals surface area contributed by atoms with Crippen LogP contribution in [0.15, 0.2) is 83.0 Å². The van der Waals surface area contributed by atoms with Gasteiger partial charge in [-0.1, -0.05) is 43.3 Å². The predicted molar refractivity (Wildman–Crippen MR) is 98.7 cm³/mol. The topological polar surface area (TPSA) is 25.2 Å². The molecule has 0 saturated heterocycles. The van der Waals surface area contributed by atoms with Crippen molar-refractivity contribution in [3.8, 4) is 0 Å². The van der Waals surface area contributed by atoms with Gasteiger partial charge in [-0.15, -0.1) is 0 Å². The third kappa shape index (κ3) is 4.17. The number of halogens is 3. The van der Waals surface area contributed by atoms with Gasteiger partial charge in [0.05, 0.1) is 17.5 Å². The van der Waals surface area contributed by atoms with Crippen molar-refractivity contribution in [2.45, 2.75) is 19.5 Å². The Balaban J connectivity index is 2.01. The highest BCUT2D eigenvalue weighted by Crippen LogP contribution is 2.31. The maximum Gasteiger partial charge on any atom is 0.416 e. The molecule has 0 aliphatic heterocycles. The number of rotatable bonds is 5. The number of nitrogens with one attached hydrogen (secondary N) is 1. The Morgan fingerprint density at radius 1 is 1.04 bits per heavy atom. The fraction of sp³-hybridized carbons (Fsp3) is 0.143. The van der Waals surface area contributed by atoms with Crippen molar-refractivity contribution in [3.05, 3.63) is 84.3 Å². The maximum atomic E-state index is 13.3. The SMILES string of the molecule is CC/C=C(/C=C(\Nc1ccc2ccccc2c1)c1ccco1)C(F)(F)F. The monoisotopic (exact) mass is 357 g/mol. The summed E-state index contributed by atoms with van der Waals surface area (Å²) < 4.78 is 45.2. The molecule has 0 amide bonds. The van der Waals surface area contributed by atoms with Crippen LogP contribution in [0.2, 0.25) is 0 Å². The fourth-order valence-electron chi connectivity index (χ4n) is 2.66. The standard InChI is InChI=1S/C21H18F3NO/c1-2-6-17(21(22,23)24)14-19(20-9-5-12-26-20)25-18-11-10-15-7-3-4-8-16(15)13-18/h3-14,25H,2H2,1H3/b17-6-,19-14-. The Morgan fingerprint density at radius 2 is 1.81 bits per heavy atom. The van der Waals surface area contributed by atoms with E-state index in [2.05, 4.69) is 5.32 Å². The molecule has 26 heavy (non-hydrogen) atoms. The first-order chi connectivity index (χ1) is 12.5. The summed E-state index contributed by atoms with van der Waals surface area (Å²) >= 11 is 0. The molecule has 1 aromatic heterocycles. The van der Waals surface area contributed by atoms with Gasteiger partial charge in [0.1, 0.15) is 5.76 Å². The van der Waals surface area contributed by atoms with E-state index in [4.69, 9.17) is 4.42 Å². The van der Waals surface area contributed by atoms with Gasteiger partial charge in [0.2, 0.25) is 0 Å². The van der Waals surface area contributed by atoms with Crippen LogP contribution in [-0.4, -0.2) is 6.18 Å². The lowest BCUT2D eigenvalue weighted by atomic mass is 10.1. The molecule has 0 atom stereocenters. The number of anilines is 1. The molecule has 5 heteroatoms. The summed E-state index contributed by atoms with van der Waals surface area (Å²) in [5.41, 5.74) is 0.228. The van der Waals surface area contributed by atoms with E-state index in [0.29, 0.717) is 11.4 Å². The van der Waals surface area contributed by atoms with Crippen molar-refractivity contribution >= 4 is 22.2 Å². The number of hydrogen-bond acceptors (Lipinski definition) is 2. The minimum Gasteiger partial charge on any atom is -0.463 e. The molecule has 0 aliphatic rings. The van der Waals surface area contributed by atoms with Gasteiger partial charge in [0.25, 0.3) is 0 Å². The number of allylic oxidation sites excluding steroid dienone is 3. The average molecular weight is 357 g/mol. The Morgan fingerprint density at radius 3 is 2.46 bits per heavy atom. The molecule has 1 N–H and O–H groups in total. The summed E-state index contributed by atoms with van der Waals surface area (Å²) in [7, 11) is 0. The Kier molecular flexibility index (Phi) is 5.16. The van der Waals surface area contributed by atoms with Gasteiger partial charge in [-0.3, -0.25) is 0 Å². The van der Waals surface area contributed by atoms with E-state index in [1.54, 1.807) is 19.1 Å². The van der Waals surface area contributed by atoms with Crippen LogP contribution in [0.1, 0.15) is 19.1 Å². The Labute approximate surface area is 149 Å². The normalized spacial score (nSPS) is 13.2. The molecule has 2 nitrogen and oxygen atoms in total. The van der Waals surface area contributed by atoms with Gasteiger partial charge in [-0.2, -0.15) is 13.2 Å². The van der Waals surface area contributed by atoms with E-state index >= 15 is 0 Å². The highest BCUT2D eigenvalue weighted by molar-refractivity contribution is 5.88. The minimum atomic E-state index is -4.43. The van der Waals surface area contributed by atoms with E-state index in [9.17, 15) is 13.2 Å². The summed E-state index contributed by atoms with van der Waals surface area (Å²) in [5, 5.41) is 5.12. The molecule has 0 unspecified atom stereocenters. The van der Waals surface area contributed by atoms with Crippen molar-refractivity contribution in [2.24, 2.45) is 0 Å². The summed E-state index contributed by atoms with van der Waals surface area (Å²) in [5.74, 6) is 0.337. The second-order valence-corrected chi connectivity index (χ2v) is 5.79. The maximum absolute atomic E-state index is 13.3. The third-order valence-corrected chi connectivity index (χ3v) is 3.87. The first kappa shape index (κ1) is 17.9. The summed E-state index contributed by atoms with van der Waals surface area (Å²) in [6, 6.07) is 16.7. The van der Waals surface area contributed by atoms with Crippen LogP contribution in [0.3, 0.4) is 0 Å². The van der Waals surface area contributed by atoms with Crippen molar-refractivity contribution < 1.29 is 17.6 Å². The van der Waals surface area contributed by atoms with Crippen molar-refractivity contribution in [1.82, 2.24) is 0 Å². The van der Waals surface area contributed by atoms with E-state index < -0.39 is 11.7 Å². The van der Waals surface area contributed by atoms with Crippen LogP contribution in [0.5, 0.6) is 0 Å². The molecule has 0 aliphatic carbocycles. The molecular formula is C21H18F3NO. The lowest BCUT2D eigenvalue weighted by molar-refractivity contribution is -0.0883. The van der Waals surface area contributed by atoms with Crippen molar-refractivity contribution in [2.75, 3.05) is 5.32 Å². The molecule has 0 fully saturated rings. The van der Waals surface area contributed by atoms with E-state index in [0.717, 1.165) is 22.9 Å². The van der Waals surface area contributed by atoms with Crippen molar-refractivity contribution in [3.63, 3.8) is 0 Å². The number of hydrogen-bond donors (Lipinski definition) is 1. The number of fused-ring (bicyclic) bond motifs is 1. The first-order valence-electron chi connectivity index (χ1n) is 8.26. The van der Waals surface area contributed by atoms with Gasteiger partial charge in [0.15, 0.2) is 0 Å². The molecule has 0 radical (unpaired) electrons. The van der Waals surface area contributed by atoms with Gasteiger partial charge in [0, 0.05) is 5.69 Å². The lowest BCUT2D eigenvalue weighted by Gasteiger charge is -2.13. The van der Waals surface area contributed by atoms with Gasteiger partial charge in [-0.05, 0) is 47.5 Å². The molecule has 3 rings (SSSR count). The Hall–Kier alpha value is -2.95. The molecule has 0 saturated carbocycles. The van der Waals surface area contributed by atoms with Crippen LogP contribution in [0.25, 0.3) is 16.5 Å². The third-order valence-electron chi connectivity index (χ3n) is 3.87. The molecule has 1 heterocycles. The second-order valence-electron chi connectivity index (χ2n) is 5.79. The van der Waals surface area contributed by atoms with E-state index in [-0.39, 0.29) is 12.1 Å². The van der Waals surface area contributed by atoms with Crippen LogP contribution in [-0.2, 0) is 0 Å². The zero-order chi connectivity index (χ0) is 18.6. The molecule has 0 bridgehead atoms. The summed E-state index contributed by atoms with van der Waals surface area (Å²) in [6.45, 7) is 1.67. The average Bonchev–Trinajstić information content (AvgIpc) is 3.14. The highest BCUT2D eigenvalue weighted by Gasteiger charge is 2.32. The molecule has 3 aromatic rings. The van der Waals surface area contributed by atoms with Gasteiger partial charge >= 0.3 is 6.18 Å². The van der Waals surface area contributed by atoms with Gasteiger partial charge < -0.3 is 9.73 Å². The number of furan rings is 1. The smallest absolute Gasteiger partial charge is 0.416 e. The summed E-state index contributed by atoms with van der Waals surface area (Å²) in [4.78, 5) is 0. The second kappa shape index (κ2) is 7.52. The van der Waals surface area contributed by atoms with Crippen molar-refractivity contribution in [1.29, 1.82) is 0 Å².